The molecule has 0 aliphatic heterocycles. The van der Waals surface area contributed by atoms with E-state index < -0.39 is 5.38 Å². The Morgan fingerprint density at radius 2 is 1.70 bits per heavy atom. The topological polar surface area (TPSA) is 0 Å². The molecule has 1 atom stereocenters. The molecule has 20 heavy (non-hydrogen) atoms. The van der Waals surface area contributed by atoms with Crippen LogP contribution in [0.25, 0.3) is 0 Å². The van der Waals surface area contributed by atoms with E-state index >= 15 is 0 Å². The SMILES string of the molecule is Cc1cc(F)cc(C)c1C(Cl)Cc1c(F)cccc1Cl. The van der Waals surface area contributed by atoms with Crippen molar-refractivity contribution in [1.29, 1.82) is 0 Å². The van der Waals surface area contributed by atoms with Crippen molar-refractivity contribution in [3.63, 3.8) is 0 Å². The van der Waals surface area contributed by atoms with Crippen molar-refractivity contribution in [3.05, 3.63) is 69.2 Å². The summed E-state index contributed by atoms with van der Waals surface area (Å²) < 4.78 is 27.1. The van der Waals surface area contributed by atoms with Gasteiger partial charge in [-0.1, -0.05) is 17.7 Å². The lowest BCUT2D eigenvalue weighted by atomic mass is 9.95. The summed E-state index contributed by atoms with van der Waals surface area (Å²) in [5.74, 6) is -0.669. The number of alkyl halides is 1. The van der Waals surface area contributed by atoms with Gasteiger partial charge in [0.25, 0.3) is 0 Å². The Hall–Kier alpha value is -1.12. The molecule has 0 amide bonds. The van der Waals surface area contributed by atoms with Crippen molar-refractivity contribution < 1.29 is 8.78 Å². The normalized spacial score (nSPS) is 12.5. The minimum absolute atomic E-state index is 0.264. The smallest absolute Gasteiger partial charge is 0.127 e. The van der Waals surface area contributed by atoms with Gasteiger partial charge in [0.1, 0.15) is 11.6 Å². The Bertz CT molecular complexity index is 595. The molecule has 0 nitrogen and oxygen atoms in total. The van der Waals surface area contributed by atoms with E-state index in [1.807, 2.05) is 0 Å². The van der Waals surface area contributed by atoms with Crippen LogP contribution >= 0.6 is 23.2 Å². The molecule has 0 aliphatic carbocycles. The molecule has 0 spiro atoms. The lowest BCUT2D eigenvalue weighted by Crippen LogP contribution is -2.04. The fourth-order valence-corrected chi connectivity index (χ4v) is 3.16. The summed E-state index contributed by atoms with van der Waals surface area (Å²) >= 11 is 12.4. The maximum atomic E-state index is 13.8. The van der Waals surface area contributed by atoms with Crippen LogP contribution in [0.5, 0.6) is 0 Å². The quantitative estimate of drug-likeness (QED) is 0.632. The molecular formula is C16H14Cl2F2. The molecule has 0 saturated heterocycles. The highest BCUT2D eigenvalue weighted by atomic mass is 35.5. The molecule has 1 unspecified atom stereocenters. The Morgan fingerprint density at radius 1 is 1.10 bits per heavy atom. The van der Waals surface area contributed by atoms with Crippen LogP contribution in [0, 0.1) is 25.5 Å². The Balaban J connectivity index is 2.36. The van der Waals surface area contributed by atoms with Crippen LogP contribution in [0.15, 0.2) is 30.3 Å². The molecule has 0 bridgehead atoms. The van der Waals surface area contributed by atoms with Gasteiger partial charge in [-0.15, -0.1) is 11.6 Å². The van der Waals surface area contributed by atoms with Gasteiger partial charge in [-0.2, -0.15) is 0 Å². The standard InChI is InChI=1S/C16H14Cl2F2/c1-9-6-11(19)7-10(2)16(9)14(18)8-12-13(17)4-3-5-15(12)20/h3-7,14H,8H2,1-2H3. The van der Waals surface area contributed by atoms with Gasteiger partial charge in [0.2, 0.25) is 0 Å². The lowest BCUT2D eigenvalue weighted by Gasteiger charge is -2.17. The van der Waals surface area contributed by atoms with E-state index in [0.29, 0.717) is 10.6 Å². The monoisotopic (exact) mass is 314 g/mol. The first kappa shape index (κ1) is 15.3. The maximum absolute atomic E-state index is 13.8. The first-order chi connectivity index (χ1) is 9.40. The summed E-state index contributed by atoms with van der Waals surface area (Å²) in [6.07, 6.45) is 0.264. The third-order valence-electron chi connectivity index (χ3n) is 3.32. The summed E-state index contributed by atoms with van der Waals surface area (Å²) in [4.78, 5) is 0. The second-order valence-electron chi connectivity index (χ2n) is 4.83. The Labute approximate surface area is 127 Å². The van der Waals surface area contributed by atoms with E-state index in [9.17, 15) is 8.78 Å². The number of aryl methyl sites for hydroxylation is 2. The van der Waals surface area contributed by atoms with Crippen molar-refractivity contribution in [1.82, 2.24) is 0 Å². The number of benzene rings is 2. The van der Waals surface area contributed by atoms with Gasteiger partial charge in [0.15, 0.2) is 0 Å². The highest BCUT2D eigenvalue weighted by Gasteiger charge is 2.18. The highest BCUT2D eigenvalue weighted by molar-refractivity contribution is 6.31. The van der Waals surface area contributed by atoms with E-state index in [1.54, 1.807) is 26.0 Å². The first-order valence-corrected chi connectivity index (χ1v) is 7.05. The summed E-state index contributed by atoms with van der Waals surface area (Å²) in [6, 6.07) is 7.41. The summed E-state index contributed by atoms with van der Waals surface area (Å²) in [5, 5.41) is -0.0990. The summed E-state index contributed by atoms with van der Waals surface area (Å²) in [5.41, 5.74) is 2.73. The van der Waals surface area contributed by atoms with E-state index in [0.717, 1.165) is 16.7 Å². The van der Waals surface area contributed by atoms with Crippen LogP contribution in [0.1, 0.15) is 27.6 Å². The van der Waals surface area contributed by atoms with Crippen molar-refractivity contribution in [2.75, 3.05) is 0 Å². The minimum Gasteiger partial charge on any atom is -0.207 e. The fourth-order valence-electron chi connectivity index (χ4n) is 2.42. The van der Waals surface area contributed by atoms with Crippen molar-refractivity contribution in [2.45, 2.75) is 25.6 Å². The van der Waals surface area contributed by atoms with Crippen LogP contribution in [0.3, 0.4) is 0 Å². The molecule has 0 aromatic heterocycles. The van der Waals surface area contributed by atoms with Crippen LogP contribution in [0.4, 0.5) is 8.78 Å². The van der Waals surface area contributed by atoms with Gasteiger partial charge in [0.05, 0.1) is 5.38 Å². The zero-order valence-corrected chi connectivity index (χ0v) is 12.7. The van der Waals surface area contributed by atoms with Crippen molar-refractivity contribution in [2.24, 2.45) is 0 Å². The zero-order valence-electron chi connectivity index (χ0n) is 11.2. The number of hydrogen-bond donors (Lipinski definition) is 0. The third kappa shape index (κ3) is 3.13. The second kappa shape index (κ2) is 6.11. The second-order valence-corrected chi connectivity index (χ2v) is 5.76. The van der Waals surface area contributed by atoms with Gasteiger partial charge in [-0.05, 0) is 61.2 Å². The number of hydrogen-bond acceptors (Lipinski definition) is 0. The van der Waals surface area contributed by atoms with Crippen LogP contribution in [0.2, 0.25) is 5.02 Å². The molecule has 0 aliphatic rings. The molecule has 4 heteroatoms. The summed E-state index contributed by atoms with van der Waals surface area (Å²) in [7, 11) is 0. The molecule has 0 radical (unpaired) electrons. The van der Waals surface area contributed by atoms with Crippen LogP contribution in [-0.4, -0.2) is 0 Å². The fraction of sp³-hybridized carbons (Fsp3) is 0.250. The number of rotatable bonds is 3. The molecule has 2 aromatic rings. The van der Waals surface area contributed by atoms with Gasteiger partial charge in [-0.3, -0.25) is 0 Å². The third-order valence-corrected chi connectivity index (χ3v) is 4.04. The molecule has 0 saturated carbocycles. The molecule has 0 fully saturated rings. The van der Waals surface area contributed by atoms with E-state index in [1.165, 1.54) is 18.2 Å². The minimum atomic E-state index is -0.454. The van der Waals surface area contributed by atoms with E-state index in [4.69, 9.17) is 23.2 Å². The number of halogens is 4. The van der Waals surface area contributed by atoms with Gasteiger partial charge in [0, 0.05) is 10.6 Å². The van der Waals surface area contributed by atoms with Crippen molar-refractivity contribution >= 4 is 23.2 Å². The van der Waals surface area contributed by atoms with Gasteiger partial charge >= 0.3 is 0 Å². The van der Waals surface area contributed by atoms with E-state index in [2.05, 4.69) is 0 Å². The molecule has 0 N–H and O–H groups in total. The van der Waals surface area contributed by atoms with E-state index in [-0.39, 0.29) is 18.1 Å². The average molecular weight is 315 g/mol. The molecule has 106 valence electrons. The largest absolute Gasteiger partial charge is 0.207 e. The zero-order chi connectivity index (χ0) is 14.9. The lowest BCUT2D eigenvalue weighted by molar-refractivity contribution is 0.606. The predicted octanol–water partition coefficient (Wildman–Crippen LogP) is 5.76. The van der Waals surface area contributed by atoms with Crippen LogP contribution in [-0.2, 0) is 6.42 Å². The van der Waals surface area contributed by atoms with Gasteiger partial charge < -0.3 is 0 Å². The Kier molecular flexibility index (Phi) is 4.66. The highest BCUT2D eigenvalue weighted by Crippen LogP contribution is 2.33. The van der Waals surface area contributed by atoms with Crippen molar-refractivity contribution in [3.8, 4) is 0 Å². The molecular weight excluding hydrogens is 301 g/mol. The molecule has 0 heterocycles. The predicted molar refractivity (Wildman–Crippen MR) is 79.6 cm³/mol. The maximum Gasteiger partial charge on any atom is 0.127 e. The molecule has 2 aromatic carbocycles. The average Bonchev–Trinajstić information content (AvgIpc) is 2.32. The van der Waals surface area contributed by atoms with Gasteiger partial charge in [-0.25, -0.2) is 8.78 Å². The summed E-state index contributed by atoms with van der Waals surface area (Å²) in [6.45, 7) is 3.59. The van der Waals surface area contributed by atoms with Crippen LogP contribution < -0.4 is 0 Å². The Morgan fingerprint density at radius 3 is 2.25 bits per heavy atom. The molecule has 2 rings (SSSR count). The first-order valence-electron chi connectivity index (χ1n) is 6.23.